The van der Waals surface area contributed by atoms with Gasteiger partial charge >= 0.3 is 0 Å². The molecule has 0 bridgehead atoms. The average Bonchev–Trinajstić information content (AvgIpc) is 2.27. The third kappa shape index (κ3) is 2.70. The second-order valence-corrected chi connectivity index (χ2v) is 5.25. The Morgan fingerprint density at radius 3 is 2.18 bits per heavy atom. The van der Waals surface area contributed by atoms with E-state index in [4.69, 9.17) is 4.74 Å². The van der Waals surface area contributed by atoms with Crippen molar-refractivity contribution >= 4 is 0 Å². The number of rotatable bonds is 2. The van der Waals surface area contributed by atoms with Crippen LogP contribution in [0.1, 0.15) is 44.7 Å². The third-order valence-corrected chi connectivity index (χ3v) is 3.61. The Morgan fingerprint density at radius 2 is 1.71 bits per heavy atom. The quantitative estimate of drug-likeness (QED) is 0.852. The summed E-state index contributed by atoms with van der Waals surface area (Å²) in [6.45, 7) is 6.20. The lowest BCUT2D eigenvalue weighted by atomic mass is 9.81. The Bertz CT molecular complexity index is 359. The zero-order valence-corrected chi connectivity index (χ0v) is 10.9. The molecule has 1 saturated heterocycles. The Morgan fingerprint density at radius 1 is 1.18 bits per heavy atom. The van der Waals surface area contributed by atoms with Crippen LogP contribution in [0.4, 0.5) is 0 Å². The van der Waals surface area contributed by atoms with Gasteiger partial charge in [0, 0.05) is 12.8 Å². The Kier molecular flexibility index (Phi) is 3.55. The molecule has 0 amide bonds. The van der Waals surface area contributed by atoms with Crippen LogP contribution < -0.4 is 0 Å². The molecule has 94 valence electrons. The lowest BCUT2D eigenvalue weighted by Crippen LogP contribution is -2.41. The Balaban J connectivity index is 2.23. The van der Waals surface area contributed by atoms with Crippen molar-refractivity contribution in [3.05, 3.63) is 35.4 Å². The number of hydrogen-bond acceptors (Lipinski definition) is 2. The minimum absolute atomic E-state index is 0.120. The molecule has 0 aromatic heterocycles. The highest BCUT2D eigenvalue weighted by Crippen LogP contribution is 2.37. The zero-order valence-electron chi connectivity index (χ0n) is 10.9. The monoisotopic (exact) mass is 234 g/mol. The third-order valence-electron chi connectivity index (χ3n) is 3.61. The molecule has 1 aliphatic rings. The summed E-state index contributed by atoms with van der Waals surface area (Å²) in [7, 11) is 0. The molecule has 0 spiro atoms. The van der Waals surface area contributed by atoms with Crippen LogP contribution in [0.25, 0.3) is 0 Å². The fourth-order valence-electron chi connectivity index (χ4n) is 2.81. The van der Waals surface area contributed by atoms with E-state index in [9.17, 15) is 5.11 Å². The number of ether oxygens (including phenoxy) is 1. The maximum Gasteiger partial charge on any atom is 0.0945 e. The molecule has 1 aromatic rings. The van der Waals surface area contributed by atoms with Gasteiger partial charge in [-0.25, -0.2) is 0 Å². The van der Waals surface area contributed by atoms with Gasteiger partial charge in [0.25, 0.3) is 0 Å². The van der Waals surface area contributed by atoms with E-state index in [0.717, 1.165) is 12.0 Å². The van der Waals surface area contributed by atoms with Crippen molar-refractivity contribution < 1.29 is 9.84 Å². The Labute approximate surface area is 104 Å². The summed E-state index contributed by atoms with van der Waals surface area (Å²) in [6, 6.07) is 8.34. The van der Waals surface area contributed by atoms with Gasteiger partial charge in [-0.1, -0.05) is 31.2 Å². The summed E-state index contributed by atoms with van der Waals surface area (Å²) in [5.41, 5.74) is 1.62. The van der Waals surface area contributed by atoms with Crippen LogP contribution in [-0.2, 0) is 16.8 Å². The van der Waals surface area contributed by atoms with Gasteiger partial charge in [0.15, 0.2) is 0 Å². The van der Waals surface area contributed by atoms with Gasteiger partial charge in [-0.05, 0) is 31.4 Å². The van der Waals surface area contributed by atoms with E-state index < -0.39 is 5.60 Å². The first kappa shape index (κ1) is 12.6. The van der Waals surface area contributed by atoms with Gasteiger partial charge in [0.2, 0.25) is 0 Å². The molecule has 2 heteroatoms. The molecule has 2 unspecified atom stereocenters. The molecule has 0 radical (unpaired) electrons. The van der Waals surface area contributed by atoms with E-state index in [1.165, 1.54) is 5.56 Å². The molecule has 1 fully saturated rings. The zero-order chi connectivity index (χ0) is 12.5. The second-order valence-electron chi connectivity index (χ2n) is 5.25. The van der Waals surface area contributed by atoms with E-state index in [1.54, 1.807) is 0 Å². The highest BCUT2D eigenvalue weighted by molar-refractivity contribution is 5.28. The standard InChI is InChI=1S/C15H22O2/c1-4-13-5-7-14(8-6-13)15(16)9-11(2)17-12(3)10-15/h5-8,11-12,16H,4,9-10H2,1-3H3. The molecule has 1 heterocycles. The minimum Gasteiger partial charge on any atom is -0.385 e. The van der Waals surface area contributed by atoms with Crippen molar-refractivity contribution in [2.45, 2.75) is 57.8 Å². The first-order chi connectivity index (χ1) is 8.03. The van der Waals surface area contributed by atoms with Gasteiger partial charge < -0.3 is 9.84 Å². The van der Waals surface area contributed by atoms with Crippen LogP contribution in [-0.4, -0.2) is 17.3 Å². The van der Waals surface area contributed by atoms with Crippen molar-refractivity contribution in [2.75, 3.05) is 0 Å². The molecule has 17 heavy (non-hydrogen) atoms. The minimum atomic E-state index is -0.719. The molecule has 1 aromatic carbocycles. The molecule has 2 rings (SSSR count). The van der Waals surface area contributed by atoms with Gasteiger partial charge in [-0.15, -0.1) is 0 Å². The van der Waals surface area contributed by atoms with Crippen molar-refractivity contribution in [3.8, 4) is 0 Å². The first-order valence-corrected chi connectivity index (χ1v) is 6.51. The van der Waals surface area contributed by atoms with Gasteiger partial charge in [0.05, 0.1) is 17.8 Å². The highest BCUT2D eigenvalue weighted by Gasteiger charge is 2.38. The molecule has 0 saturated carbocycles. The molecular formula is C15H22O2. The maximum absolute atomic E-state index is 10.8. The van der Waals surface area contributed by atoms with E-state index in [1.807, 2.05) is 13.8 Å². The lowest BCUT2D eigenvalue weighted by molar-refractivity contribution is -0.135. The lowest BCUT2D eigenvalue weighted by Gasteiger charge is -2.39. The fraction of sp³-hybridized carbons (Fsp3) is 0.600. The average molecular weight is 234 g/mol. The normalized spacial score (nSPS) is 33.6. The van der Waals surface area contributed by atoms with Crippen LogP contribution in [0.3, 0.4) is 0 Å². The summed E-state index contributed by atoms with van der Waals surface area (Å²) < 4.78 is 5.69. The van der Waals surface area contributed by atoms with Crippen LogP contribution in [0.2, 0.25) is 0 Å². The molecule has 1 N–H and O–H groups in total. The van der Waals surface area contributed by atoms with Crippen LogP contribution in [0.15, 0.2) is 24.3 Å². The largest absolute Gasteiger partial charge is 0.385 e. The van der Waals surface area contributed by atoms with E-state index in [-0.39, 0.29) is 12.2 Å². The summed E-state index contributed by atoms with van der Waals surface area (Å²) in [5.74, 6) is 0. The predicted octanol–water partition coefficient (Wildman–Crippen LogP) is 3.02. The van der Waals surface area contributed by atoms with E-state index in [2.05, 4.69) is 31.2 Å². The smallest absolute Gasteiger partial charge is 0.0945 e. The van der Waals surface area contributed by atoms with Gasteiger partial charge in [-0.2, -0.15) is 0 Å². The van der Waals surface area contributed by atoms with Gasteiger partial charge in [0.1, 0.15) is 0 Å². The van der Waals surface area contributed by atoms with E-state index in [0.29, 0.717) is 12.8 Å². The van der Waals surface area contributed by atoms with Crippen molar-refractivity contribution in [3.63, 3.8) is 0 Å². The second kappa shape index (κ2) is 4.79. The molecule has 2 atom stereocenters. The fourth-order valence-corrected chi connectivity index (χ4v) is 2.81. The molecule has 0 aliphatic carbocycles. The van der Waals surface area contributed by atoms with Crippen molar-refractivity contribution in [1.82, 2.24) is 0 Å². The predicted molar refractivity (Wildman–Crippen MR) is 69.0 cm³/mol. The molecule has 1 aliphatic heterocycles. The van der Waals surface area contributed by atoms with Crippen LogP contribution in [0.5, 0.6) is 0 Å². The van der Waals surface area contributed by atoms with Crippen molar-refractivity contribution in [2.24, 2.45) is 0 Å². The number of benzene rings is 1. The summed E-state index contributed by atoms with van der Waals surface area (Å²) >= 11 is 0. The van der Waals surface area contributed by atoms with E-state index >= 15 is 0 Å². The number of hydrogen-bond donors (Lipinski definition) is 1. The van der Waals surface area contributed by atoms with Gasteiger partial charge in [-0.3, -0.25) is 0 Å². The molecule has 2 nitrogen and oxygen atoms in total. The topological polar surface area (TPSA) is 29.5 Å². The highest BCUT2D eigenvalue weighted by atomic mass is 16.5. The number of aliphatic hydroxyl groups is 1. The van der Waals surface area contributed by atoms with Crippen LogP contribution in [0, 0.1) is 0 Å². The molecular weight excluding hydrogens is 212 g/mol. The first-order valence-electron chi connectivity index (χ1n) is 6.51. The summed E-state index contributed by atoms with van der Waals surface area (Å²) in [5, 5.41) is 10.8. The summed E-state index contributed by atoms with van der Waals surface area (Å²) in [6.07, 6.45) is 2.64. The number of aryl methyl sites for hydroxylation is 1. The van der Waals surface area contributed by atoms with Crippen molar-refractivity contribution in [1.29, 1.82) is 0 Å². The summed E-state index contributed by atoms with van der Waals surface area (Å²) in [4.78, 5) is 0. The Hall–Kier alpha value is -0.860. The maximum atomic E-state index is 10.8. The SMILES string of the molecule is CCc1ccc(C2(O)CC(C)OC(C)C2)cc1. The van der Waals surface area contributed by atoms with Crippen LogP contribution >= 0.6 is 0 Å².